The zero-order chi connectivity index (χ0) is 13.3. The molecule has 8 nitrogen and oxygen atoms in total. The van der Waals surface area contributed by atoms with E-state index in [1.54, 1.807) is 14.0 Å². The molecule has 1 heterocycles. The first-order chi connectivity index (χ1) is 8.51. The Balaban J connectivity index is 2.19. The number of hydrogen-bond donors (Lipinski definition) is 2. The van der Waals surface area contributed by atoms with Gasteiger partial charge in [-0.15, -0.1) is 0 Å². The van der Waals surface area contributed by atoms with Crippen LogP contribution in [0.25, 0.3) is 0 Å². The Kier molecular flexibility index (Phi) is 3.28. The number of aromatic nitrogens is 2. The molecule has 2 rings (SSSR count). The summed E-state index contributed by atoms with van der Waals surface area (Å²) < 4.78 is 5.15. The van der Waals surface area contributed by atoms with Crippen LogP contribution in [0.3, 0.4) is 0 Å². The lowest BCUT2D eigenvalue weighted by molar-refractivity contribution is -0.385. The highest BCUT2D eigenvalue weighted by molar-refractivity contribution is 5.60. The van der Waals surface area contributed by atoms with Gasteiger partial charge in [0.05, 0.1) is 11.0 Å². The molecule has 1 aliphatic carbocycles. The van der Waals surface area contributed by atoms with E-state index in [1.807, 2.05) is 0 Å². The van der Waals surface area contributed by atoms with Gasteiger partial charge in [0.1, 0.15) is 5.69 Å². The van der Waals surface area contributed by atoms with Crippen LogP contribution in [0.4, 0.5) is 17.5 Å². The lowest BCUT2D eigenvalue weighted by Crippen LogP contribution is -2.40. The molecule has 0 bridgehead atoms. The van der Waals surface area contributed by atoms with Crippen LogP contribution in [0.1, 0.15) is 18.5 Å². The number of methoxy groups -OCH3 is 1. The summed E-state index contributed by atoms with van der Waals surface area (Å²) in [6.07, 6.45) is 1.81. The maximum atomic E-state index is 11.0. The minimum absolute atomic E-state index is 0.0308. The Hall–Kier alpha value is -1.96. The van der Waals surface area contributed by atoms with Crippen molar-refractivity contribution in [1.82, 2.24) is 9.97 Å². The first-order valence-electron chi connectivity index (χ1n) is 5.59. The van der Waals surface area contributed by atoms with Crippen molar-refractivity contribution in [3.8, 4) is 0 Å². The molecule has 0 unspecified atom stereocenters. The maximum absolute atomic E-state index is 11.0. The molecule has 0 amide bonds. The zero-order valence-corrected chi connectivity index (χ0v) is 10.2. The van der Waals surface area contributed by atoms with Crippen molar-refractivity contribution in [2.24, 2.45) is 0 Å². The second-order valence-corrected chi connectivity index (χ2v) is 4.29. The molecule has 1 saturated carbocycles. The summed E-state index contributed by atoms with van der Waals surface area (Å²) in [4.78, 5) is 18.2. The highest BCUT2D eigenvalue weighted by atomic mass is 16.6. The Morgan fingerprint density at radius 3 is 2.72 bits per heavy atom. The molecule has 8 heteroatoms. The fourth-order valence-corrected chi connectivity index (χ4v) is 1.98. The van der Waals surface area contributed by atoms with Crippen molar-refractivity contribution in [2.45, 2.75) is 31.9 Å². The summed E-state index contributed by atoms with van der Waals surface area (Å²) in [6, 6.07) is 0.127. The Morgan fingerprint density at radius 2 is 2.17 bits per heavy atom. The van der Waals surface area contributed by atoms with Gasteiger partial charge in [-0.2, -0.15) is 4.98 Å². The van der Waals surface area contributed by atoms with Crippen molar-refractivity contribution in [3.63, 3.8) is 0 Å². The second-order valence-electron chi connectivity index (χ2n) is 4.29. The number of hydrogen-bond acceptors (Lipinski definition) is 7. The van der Waals surface area contributed by atoms with Gasteiger partial charge in [-0.3, -0.25) is 10.1 Å². The number of nitrogens with zero attached hydrogens (tertiary/aromatic N) is 3. The summed E-state index contributed by atoms with van der Waals surface area (Å²) >= 11 is 0. The lowest BCUT2D eigenvalue weighted by atomic mass is 9.89. The number of nitrogens with one attached hydrogen (secondary N) is 1. The van der Waals surface area contributed by atoms with Crippen LogP contribution < -0.4 is 11.1 Å². The molecular weight excluding hydrogens is 238 g/mol. The standard InChI is InChI=1S/C10H15N5O3/c1-5-8(15(16)17)9(14-10(11)12-5)13-6-3-7(4-6)18-2/h6-7H,3-4H2,1-2H3,(H3,11,12,13,14). The SMILES string of the molecule is COC1CC(Nc2nc(N)nc(C)c2[N+](=O)[O-])C1. The number of aryl methyl sites for hydroxylation is 1. The Labute approximate surface area is 104 Å². The minimum atomic E-state index is -0.496. The molecule has 0 atom stereocenters. The van der Waals surface area contributed by atoms with Crippen LogP contribution in [0.2, 0.25) is 0 Å². The number of nitrogens with two attached hydrogens (primary N) is 1. The summed E-state index contributed by atoms with van der Waals surface area (Å²) in [6.45, 7) is 1.54. The molecule has 18 heavy (non-hydrogen) atoms. The van der Waals surface area contributed by atoms with E-state index in [9.17, 15) is 10.1 Å². The third-order valence-corrected chi connectivity index (χ3v) is 3.03. The third-order valence-electron chi connectivity index (χ3n) is 3.03. The summed E-state index contributed by atoms with van der Waals surface area (Å²) in [5.41, 5.74) is 5.65. The monoisotopic (exact) mass is 253 g/mol. The fourth-order valence-electron chi connectivity index (χ4n) is 1.98. The van der Waals surface area contributed by atoms with E-state index in [1.165, 1.54) is 0 Å². The summed E-state index contributed by atoms with van der Waals surface area (Å²) in [5.74, 6) is 0.216. The van der Waals surface area contributed by atoms with Crippen LogP contribution in [-0.4, -0.2) is 34.1 Å². The smallest absolute Gasteiger partial charge is 0.332 e. The van der Waals surface area contributed by atoms with Crippen molar-refractivity contribution in [3.05, 3.63) is 15.8 Å². The molecule has 0 radical (unpaired) electrons. The summed E-state index contributed by atoms with van der Waals surface area (Å²) in [5, 5.41) is 14.0. The quantitative estimate of drug-likeness (QED) is 0.603. The molecule has 3 N–H and O–H groups in total. The van der Waals surface area contributed by atoms with Crippen molar-refractivity contribution < 1.29 is 9.66 Å². The topological polar surface area (TPSA) is 116 Å². The number of nitrogen functional groups attached to an aromatic ring is 1. The van der Waals surface area contributed by atoms with Gasteiger partial charge in [0.25, 0.3) is 0 Å². The lowest BCUT2D eigenvalue weighted by Gasteiger charge is -2.34. The largest absolute Gasteiger partial charge is 0.381 e. The van der Waals surface area contributed by atoms with Crippen LogP contribution >= 0.6 is 0 Å². The predicted octanol–water partition coefficient (Wildman–Crippen LogP) is 0.865. The van der Waals surface area contributed by atoms with Crippen molar-refractivity contribution in [2.75, 3.05) is 18.2 Å². The molecular formula is C10H15N5O3. The second kappa shape index (κ2) is 4.73. The van der Waals surface area contributed by atoms with Crippen LogP contribution in [0.5, 0.6) is 0 Å². The van der Waals surface area contributed by atoms with Crippen molar-refractivity contribution in [1.29, 1.82) is 0 Å². The van der Waals surface area contributed by atoms with Gasteiger partial charge in [-0.05, 0) is 19.8 Å². The van der Waals surface area contributed by atoms with Crippen LogP contribution in [0, 0.1) is 17.0 Å². The average Bonchev–Trinajstić information content (AvgIpc) is 2.20. The molecule has 0 aromatic carbocycles. The van der Waals surface area contributed by atoms with Gasteiger partial charge in [-0.1, -0.05) is 0 Å². The highest BCUT2D eigenvalue weighted by Crippen LogP contribution is 2.31. The van der Waals surface area contributed by atoms with E-state index >= 15 is 0 Å². The van der Waals surface area contributed by atoms with Gasteiger partial charge in [-0.25, -0.2) is 4.98 Å². The number of ether oxygens (including phenoxy) is 1. The molecule has 0 aliphatic heterocycles. The average molecular weight is 253 g/mol. The molecule has 1 aromatic heterocycles. The Bertz CT molecular complexity index is 473. The van der Waals surface area contributed by atoms with E-state index in [2.05, 4.69) is 15.3 Å². The van der Waals surface area contributed by atoms with E-state index in [0.717, 1.165) is 12.8 Å². The molecule has 98 valence electrons. The molecule has 0 spiro atoms. The molecule has 1 aromatic rings. The Morgan fingerprint density at radius 1 is 1.50 bits per heavy atom. The van der Waals surface area contributed by atoms with Gasteiger partial charge in [0, 0.05) is 13.2 Å². The van der Waals surface area contributed by atoms with Crippen LogP contribution in [0.15, 0.2) is 0 Å². The minimum Gasteiger partial charge on any atom is -0.381 e. The van der Waals surface area contributed by atoms with Gasteiger partial charge in [0.15, 0.2) is 0 Å². The normalized spacial score (nSPS) is 22.3. The predicted molar refractivity (Wildman–Crippen MR) is 65.3 cm³/mol. The number of anilines is 2. The fraction of sp³-hybridized carbons (Fsp3) is 0.600. The number of nitro groups is 1. The summed E-state index contributed by atoms with van der Waals surface area (Å²) in [7, 11) is 1.65. The van der Waals surface area contributed by atoms with E-state index in [4.69, 9.17) is 10.5 Å². The third kappa shape index (κ3) is 2.33. The van der Waals surface area contributed by atoms with Crippen LogP contribution in [-0.2, 0) is 4.74 Å². The van der Waals surface area contributed by atoms with E-state index in [-0.39, 0.29) is 35.3 Å². The van der Waals surface area contributed by atoms with E-state index < -0.39 is 4.92 Å². The number of rotatable bonds is 4. The van der Waals surface area contributed by atoms with Crippen molar-refractivity contribution >= 4 is 17.5 Å². The van der Waals surface area contributed by atoms with E-state index in [0.29, 0.717) is 0 Å². The van der Waals surface area contributed by atoms with Gasteiger partial charge >= 0.3 is 5.69 Å². The zero-order valence-electron chi connectivity index (χ0n) is 10.2. The first-order valence-corrected chi connectivity index (χ1v) is 5.59. The maximum Gasteiger partial charge on any atom is 0.332 e. The van der Waals surface area contributed by atoms with Gasteiger partial charge < -0.3 is 15.8 Å². The molecule has 1 fully saturated rings. The molecule has 0 saturated heterocycles. The first kappa shape index (κ1) is 12.5. The molecule has 1 aliphatic rings. The highest BCUT2D eigenvalue weighted by Gasteiger charge is 2.32. The van der Waals surface area contributed by atoms with Gasteiger partial charge in [0.2, 0.25) is 11.8 Å².